The minimum atomic E-state index is -0.148. The largest absolute Gasteiger partial charge is 0.379 e. The molecule has 2 unspecified atom stereocenters. The van der Waals surface area contributed by atoms with Crippen molar-refractivity contribution in [1.29, 1.82) is 0 Å². The Morgan fingerprint density at radius 3 is 3.21 bits per heavy atom. The van der Waals surface area contributed by atoms with E-state index in [1.54, 1.807) is 6.20 Å². The van der Waals surface area contributed by atoms with Crippen LogP contribution in [0.1, 0.15) is 0 Å². The summed E-state index contributed by atoms with van der Waals surface area (Å²) in [6.07, 6.45) is 1.74. The molecule has 6 nitrogen and oxygen atoms in total. The third-order valence-electron chi connectivity index (χ3n) is 3.50. The SMILES string of the molecule is CNC1COCC1C(=O)Nc1ccc2[nH]ncc2c1. The first-order valence-electron chi connectivity index (χ1n) is 6.27. The van der Waals surface area contributed by atoms with Gasteiger partial charge in [0.05, 0.1) is 30.8 Å². The molecule has 100 valence electrons. The van der Waals surface area contributed by atoms with Crippen LogP contribution < -0.4 is 10.6 Å². The number of carbonyl (C=O) groups excluding carboxylic acids is 1. The van der Waals surface area contributed by atoms with E-state index in [-0.39, 0.29) is 17.9 Å². The number of benzene rings is 1. The van der Waals surface area contributed by atoms with Crippen LogP contribution in [0.15, 0.2) is 24.4 Å². The minimum Gasteiger partial charge on any atom is -0.379 e. The first-order valence-corrected chi connectivity index (χ1v) is 6.27. The normalized spacial score (nSPS) is 22.8. The second kappa shape index (κ2) is 4.99. The van der Waals surface area contributed by atoms with Crippen molar-refractivity contribution in [2.75, 3.05) is 25.6 Å². The van der Waals surface area contributed by atoms with Gasteiger partial charge in [-0.3, -0.25) is 9.89 Å². The van der Waals surface area contributed by atoms with E-state index in [1.165, 1.54) is 0 Å². The third-order valence-corrected chi connectivity index (χ3v) is 3.50. The van der Waals surface area contributed by atoms with Crippen molar-refractivity contribution in [1.82, 2.24) is 15.5 Å². The van der Waals surface area contributed by atoms with Crippen molar-refractivity contribution >= 4 is 22.5 Å². The Bertz CT molecular complexity index is 595. The van der Waals surface area contributed by atoms with Gasteiger partial charge in [0.15, 0.2) is 0 Å². The predicted octanol–water partition coefficient (Wildman–Crippen LogP) is 0.736. The van der Waals surface area contributed by atoms with Gasteiger partial charge in [-0.05, 0) is 25.2 Å². The number of carbonyl (C=O) groups is 1. The van der Waals surface area contributed by atoms with E-state index < -0.39 is 0 Å². The number of hydrogen-bond donors (Lipinski definition) is 3. The topological polar surface area (TPSA) is 79.0 Å². The van der Waals surface area contributed by atoms with Crippen LogP contribution in [0.25, 0.3) is 10.9 Å². The van der Waals surface area contributed by atoms with Gasteiger partial charge in [0.2, 0.25) is 5.91 Å². The molecule has 1 saturated heterocycles. The van der Waals surface area contributed by atoms with E-state index in [9.17, 15) is 4.79 Å². The number of ether oxygens (including phenoxy) is 1. The van der Waals surface area contributed by atoms with Crippen LogP contribution in [0.4, 0.5) is 5.69 Å². The number of aromatic amines is 1. The molecule has 1 aliphatic rings. The molecule has 0 radical (unpaired) electrons. The van der Waals surface area contributed by atoms with Crippen molar-refractivity contribution < 1.29 is 9.53 Å². The molecule has 0 spiro atoms. The number of likely N-dealkylation sites (N-methyl/N-ethyl adjacent to an activating group) is 1. The van der Waals surface area contributed by atoms with Crippen LogP contribution in [0.2, 0.25) is 0 Å². The van der Waals surface area contributed by atoms with Crippen molar-refractivity contribution in [2.24, 2.45) is 5.92 Å². The highest BCUT2D eigenvalue weighted by Crippen LogP contribution is 2.19. The number of hydrogen-bond acceptors (Lipinski definition) is 4. The maximum absolute atomic E-state index is 12.2. The molecule has 1 amide bonds. The van der Waals surface area contributed by atoms with E-state index in [0.717, 1.165) is 16.6 Å². The lowest BCUT2D eigenvalue weighted by molar-refractivity contribution is -0.120. The smallest absolute Gasteiger partial charge is 0.231 e. The van der Waals surface area contributed by atoms with Gasteiger partial charge in [0.1, 0.15) is 0 Å². The lowest BCUT2D eigenvalue weighted by Crippen LogP contribution is -2.39. The molecule has 1 aromatic heterocycles. The first-order chi connectivity index (χ1) is 9.28. The Balaban J connectivity index is 1.74. The molecule has 3 N–H and O–H groups in total. The summed E-state index contributed by atoms with van der Waals surface area (Å²) in [7, 11) is 1.84. The quantitative estimate of drug-likeness (QED) is 0.760. The maximum atomic E-state index is 12.2. The zero-order valence-electron chi connectivity index (χ0n) is 10.6. The predicted molar refractivity (Wildman–Crippen MR) is 71.9 cm³/mol. The molecule has 0 saturated carbocycles. The van der Waals surface area contributed by atoms with Gasteiger partial charge in [-0.25, -0.2) is 0 Å². The summed E-state index contributed by atoms with van der Waals surface area (Å²) in [4.78, 5) is 12.2. The standard InChI is InChI=1S/C13H16N4O2/c1-14-12-7-19-6-10(12)13(18)16-9-2-3-11-8(4-9)5-15-17-11/h2-5,10,12,14H,6-7H2,1H3,(H,15,17)(H,16,18). The summed E-state index contributed by atoms with van der Waals surface area (Å²) in [5, 5.41) is 13.8. The summed E-state index contributed by atoms with van der Waals surface area (Å²) in [5.74, 6) is -0.162. The molecule has 1 aromatic carbocycles. The van der Waals surface area contributed by atoms with E-state index in [0.29, 0.717) is 13.2 Å². The Morgan fingerprint density at radius 2 is 2.37 bits per heavy atom. The summed E-state index contributed by atoms with van der Waals surface area (Å²) in [5.41, 5.74) is 1.73. The molecular weight excluding hydrogens is 244 g/mol. The average molecular weight is 260 g/mol. The van der Waals surface area contributed by atoms with Gasteiger partial charge >= 0.3 is 0 Å². The van der Waals surface area contributed by atoms with Crippen LogP contribution in [-0.4, -0.2) is 42.4 Å². The molecule has 6 heteroatoms. The fourth-order valence-electron chi connectivity index (χ4n) is 2.35. The highest BCUT2D eigenvalue weighted by atomic mass is 16.5. The van der Waals surface area contributed by atoms with Crippen molar-refractivity contribution in [3.63, 3.8) is 0 Å². The van der Waals surface area contributed by atoms with Crippen molar-refractivity contribution in [3.8, 4) is 0 Å². The highest BCUT2D eigenvalue weighted by molar-refractivity contribution is 5.95. The number of rotatable bonds is 3. The van der Waals surface area contributed by atoms with Gasteiger partial charge in [-0.15, -0.1) is 0 Å². The number of anilines is 1. The molecular formula is C13H16N4O2. The Hall–Kier alpha value is -1.92. The Morgan fingerprint density at radius 1 is 1.47 bits per heavy atom. The molecule has 2 aromatic rings. The second-order valence-electron chi connectivity index (χ2n) is 4.70. The van der Waals surface area contributed by atoms with Gasteiger partial charge in [-0.2, -0.15) is 5.10 Å². The average Bonchev–Trinajstić information content (AvgIpc) is 3.06. The number of nitrogens with zero attached hydrogens (tertiary/aromatic N) is 1. The Labute approximate surface area is 110 Å². The zero-order chi connectivity index (χ0) is 13.2. The molecule has 1 aliphatic heterocycles. The number of H-pyrrole nitrogens is 1. The summed E-state index contributed by atoms with van der Waals surface area (Å²) < 4.78 is 5.34. The molecule has 19 heavy (non-hydrogen) atoms. The molecule has 3 rings (SSSR count). The fraction of sp³-hybridized carbons (Fsp3) is 0.385. The molecule has 1 fully saturated rings. The number of amides is 1. The first kappa shape index (κ1) is 12.1. The fourth-order valence-corrected chi connectivity index (χ4v) is 2.35. The van der Waals surface area contributed by atoms with Gasteiger partial charge < -0.3 is 15.4 Å². The lowest BCUT2D eigenvalue weighted by atomic mass is 10.0. The van der Waals surface area contributed by atoms with Crippen LogP contribution >= 0.6 is 0 Å². The number of nitrogens with one attached hydrogen (secondary N) is 3. The van der Waals surface area contributed by atoms with Crippen LogP contribution in [0.3, 0.4) is 0 Å². The number of fused-ring (bicyclic) bond motifs is 1. The van der Waals surface area contributed by atoms with Crippen molar-refractivity contribution in [3.05, 3.63) is 24.4 Å². The maximum Gasteiger partial charge on any atom is 0.231 e. The van der Waals surface area contributed by atoms with Crippen molar-refractivity contribution in [2.45, 2.75) is 6.04 Å². The number of aromatic nitrogens is 2. The van der Waals surface area contributed by atoms with E-state index in [2.05, 4.69) is 20.8 Å². The van der Waals surface area contributed by atoms with E-state index in [1.807, 2.05) is 25.2 Å². The van der Waals surface area contributed by atoms with E-state index in [4.69, 9.17) is 4.74 Å². The van der Waals surface area contributed by atoms with Gasteiger partial charge in [0.25, 0.3) is 0 Å². The van der Waals surface area contributed by atoms with Crippen LogP contribution in [-0.2, 0) is 9.53 Å². The summed E-state index contributed by atoms with van der Waals surface area (Å²) >= 11 is 0. The second-order valence-corrected chi connectivity index (χ2v) is 4.70. The molecule has 0 aliphatic carbocycles. The Kier molecular flexibility index (Phi) is 3.18. The summed E-state index contributed by atoms with van der Waals surface area (Å²) in [6, 6.07) is 5.75. The summed E-state index contributed by atoms with van der Waals surface area (Å²) in [6.45, 7) is 1.04. The zero-order valence-corrected chi connectivity index (χ0v) is 10.6. The van der Waals surface area contributed by atoms with Crippen LogP contribution in [0.5, 0.6) is 0 Å². The molecule has 0 bridgehead atoms. The third kappa shape index (κ3) is 2.32. The minimum absolute atomic E-state index is 0.0142. The van der Waals surface area contributed by atoms with E-state index >= 15 is 0 Å². The van der Waals surface area contributed by atoms with Gasteiger partial charge in [0, 0.05) is 17.1 Å². The van der Waals surface area contributed by atoms with Gasteiger partial charge in [-0.1, -0.05) is 0 Å². The molecule has 2 heterocycles. The monoisotopic (exact) mass is 260 g/mol. The van der Waals surface area contributed by atoms with Crippen LogP contribution in [0, 0.1) is 5.92 Å². The highest BCUT2D eigenvalue weighted by Gasteiger charge is 2.32. The lowest BCUT2D eigenvalue weighted by Gasteiger charge is -2.16. The molecule has 2 atom stereocenters.